The van der Waals surface area contributed by atoms with Crippen LogP contribution in [0.15, 0.2) is 47.3 Å². The normalized spacial score (nSPS) is 14.9. The molecule has 1 heterocycles. The summed E-state index contributed by atoms with van der Waals surface area (Å²) in [7, 11) is 0. The highest BCUT2D eigenvalue weighted by Gasteiger charge is 2.08. The summed E-state index contributed by atoms with van der Waals surface area (Å²) in [6.45, 7) is 0. The lowest BCUT2D eigenvalue weighted by molar-refractivity contribution is 1.03. The van der Waals surface area contributed by atoms with Crippen LogP contribution in [0.4, 0.5) is 0 Å². The van der Waals surface area contributed by atoms with Gasteiger partial charge in [-0.15, -0.1) is 0 Å². The van der Waals surface area contributed by atoms with Crippen molar-refractivity contribution in [2.45, 2.75) is 12.8 Å². The van der Waals surface area contributed by atoms with Gasteiger partial charge in [0.05, 0.1) is 11.2 Å². The van der Waals surface area contributed by atoms with Crippen LogP contribution in [0.2, 0.25) is 0 Å². The number of H-pyrrole nitrogens is 1. The number of fused-ring (bicyclic) bond motifs is 1. The van der Waals surface area contributed by atoms with Gasteiger partial charge in [-0.2, -0.15) is 4.98 Å². The van der Waals surface area contributed by atoms with Crippen molar-refractivity contribution in [2.24, 2.45) is 0 Å². The quantitative estimate of drug-likeness (QED) is 0.809. The number of hydrogen-bond donors (Lipinski definition) is 1. The molecule has 1 N–H and O–H groups in total. The van der Waals surface area contributed by atoms with Gasteiger partial charge in [0, 0.05) is 5.39 Å². The summed E-state index contributed by atoms with van der Waals surface area (Å²) in [5.74, 6) is 0. The van der Waals surface area contributed by atoms with E-state index < -0.39 is 0 Å². The fraction of sp³-hybridized carbons (Fsp3) is 0.143. The minimum Gasteiger partial charge on any atom is -0.305 e. The lowest BCUT2D eigenvalue weighted by Crippen LogP contribution is -2.12. The van der Waals surface area contributed by atoms with Gasteiger partial charge in [0.2, 0.25) is 0 Å². The molecule has 3 heteroatoms. The molecule has 0 atom stereocenters. The van der Waals surface area contributed by atoms with E-state index in [0.717, 1.165) is 35.0 Å². The maximum absolute atomic E-state index is 11.5. The van der Waals surface area contributed by atoms with Crippen LogP contribution >= 0.6 is 0 Å². The van der Waals surface area contributed by atoms with Crippen LogP contribution < -0.4 is 5.69 Å². The molecule has 3 rings (SSSR count). The Hall–Kier alpha value is -2.16. The lowest BCUT2D eigenvalue weighted by atomic mass is 10.0. The standard InChI is InChI=1S/C14H12N2O/c17-14-15-12-9-5-4-8-11(12)13(16-14)10-6-2-1-3-7-10/h2,4-9H,1,3H2,(H,15,16,17). The van der Waals surface area contributed by atoms with Crippen LogP contribution in [-0.4, -0.2) is 9.97 Å². The number of hydrogen-bond acceptors (Lipinski definition) is 2. The Bertz CT molecular complexity index is 680. The maximum atomic E-state index is 11.5. The van der Waals surface area contributed by atoms with E-state index in [2.05, 4.69) is 22.1 Å². The highest BCUT2D eigenvalue weighted by atomic mass is 16.1. The van der Waals surface area contributed by atoms with Crippen molar-refractivity contribution in [1.82, 2.24) is 9.97 Å². The van der Waals surface area contributed by atoms with Crippen LogP contribution in [0.5, 0.6) is 0 Å². The average molecular weight is 224 g/mol. The SMILES string of the molecule is O=c1nc(C2=CCCC=C2)c2ccccc2[nH]1. The van der Waals surface area contributed by atoms with Gasteiger partial charge >= 0.3 is 5.69 Å². The zero-order valence-electron chi connectivity index (χ0n) is 9.31. The average Bonchev–Trinajstić information content (AvgIpc) is 2.39. The van der Waals surface area contributed by atoms with Gasteiger partial charge < -0.3 is 4.98 Å². The Morgan fingerprint density at radius 2 is 2.06 bits per heavy atom. The van der Waals surface area contributed by atoms with Crippen molar-refractivity contribution in [3.63, 3.8) is 0 Å². The summed E-state index contributed by atoms with van der Waals surface area (Å²) >= 11 is 0. The van der Waals surface area contributed by atoms with Gasteiger partial charge in [-0.25, -0.2) is 4.79 Å². The number of nitrogens with one attached hydrogen (secondary N) is 1. The second kappa shape index (κ2) is 4.01. The molecule has 84 valence electrons. The monoisotopic (exact) mass is 224 g/mol. The molecule has 1 aromatic heterocycles. The molecule has 0 bridgehead atoms. The van der Waals surface area contributed by atoms with E-state index in [1.165, 1.54) is 0 Å². The van der Waals surface area contributed by atoms with Crippen LogP contribution in [0, 0.1) is 0 Å². The molecule has 0 unspecified atom stereocenters. The third kappa shape index (κ3) is 1.80. The molecule has 1 aliphatic carbocycles. The van der Waals surface area contributed by atoms with Gasteiger partial charge in [-0.1, -0.05) is 36.4 Å². The second-order valence-corrected chi connectivity index (χ2v) is 4.08. The highest BCUT2D eigenvalue weighted by molar-refractivity contribution is 5.92. The van der Waals surface area contributed by atoms with Crippen molar-refractivity contribution in [3.05, 3.63) is 58.7 Å². The molecule has 3 nitrogen and oxygen atoms in total. The maximum Gasteiger partial charge on any atom is 0.345 e. The number of aromatic amines is 1. The van der Waals surface area contributed by atoms with E-state index in [4.69, 9.17) is 0 Å². The molecule has 0 saturated heterocycles. The number of rotatable bonds is 1. The van der Waals surface area contributed by atoms with Gasteiger partial charge in [0.1, 0.15) is 0 Å². The molecule has 0 spiro atoms. The predicted octanol–water partition coefficient (Wildman–Crippen LogP) is 2.66. The Balaban J connectivity index is 2.31. The molecule has 1 aromatic carbocycles. The summed E-state index contributed by atoms with van der Waals surface area (Å²) in [6.07, 6.45) is 8.36. The van der Waals surface area contributed by atoms with E-state index >= 15 is 0 Å². The third-order valence-electron chi connectivity index (χ3n) is 2.91. The number of benzene rings is 1. The van der Waals surface area contributed by atoms with Crippen molar-refractivity contribution < 1.29 is 0 Å². The number of nitrogens with zero attached hydrogens (tertiary/aromatic N) is 1. The molecule has 0 saturated carbocycles. The third-order valence-corrected chi connectivity index (χ3v) is 2.91. The minimum absolute atomic E-state index is 0.293. The van der Waals surface area contributed by atoms with Crippen LogP contribution in [0.1, 0.15) is 18.5 Å². The number of allylic oxidation sites excluding steroid dienone is 4. The van der Waals surface area contributed by atoms with Crippen molar-refractivity contribution in [3.8, 4) is 0 Å². The Kier molecular flexibility index (Phi) is 2.37. The smallest absolute Gasteiger partial charge is 0.305 e. The molecule has 2 aromatic rings. The Morgan fingerprint density at radius 1 is 1.18 bits per heavy atom. The minimum atomic E-state index is -0.293. The molecular weight excluding hydrogens is 212 g/mol. The van der Waals surface area contributed by atoms with E-state index in [1.54, 1.807) is 0 Å². The largest absolute Gasteiger partial charge is 0.345 e. The van der Waals surface area contributed by atoms with Gasteiger partial charge in [0.15, 0.2) is 0 Å². The van der Waals surface area contributed by atoms with E-state index in [9.17, 15) is 4.79 Å². The zero-order valence-corrected chi connectivity index (χ0v) is 9.31. The molecule has 0 aliphatic heterocycles. The van der Waals surface area contributed by atoms with Gasteiger partial charge in [0.25, 0.3) is 0 Å². The Labute approximate surface area is 98.5 Å². The summed E-state index contributed by atoms with van der Waals surface area (Å²) < 4.78 is 0. The lowest BCUT2D eigenvalue weighted by Gasteiger charge is -2.08. The second-order valence-electron chi connectivity index (χ2n) is 4.08. The van der Waals surface area contributed by atoms with Crippen molar-refractivity contribution >= 4 is 16.5 Å². The summed E-state index contributed by atoms with van der Waals surface area (Å²) in [6, 6.07) is 7.75. The van der Waals surface area contributed by atoms with E-state index in [1.807, 2.05) is 30.3 Å². The first kappa shape index (κ1) is 10.0. The summed E-state index contributed by atoms with van der Waals surface area (Å²) in [5.41, 5.74) is 2.36. The molecule has 0 radical (unpaired) electrons. The van der Waals surface area contributed by atoms with E-state index in [-0.39, 0.29) is 5.69 Å². The topological polar surface area (TPSA) is 45.8 Å². The molecule has 0 fully saturated rings. The van der Waals surface area contributed by atoms with Gasteiger partial charge in [-0.3, -0.25) is 0 Å². The van der Waals surface area contributed by atoms with Crippen LogP contribution in [0.3, 0.4) is 0 Å². The first-order chi connectivity index (χ1) is 8.34. The number of aromatic nitrogens is 2. The molecular formula is C14H12N2O. The molecule has 0 amide bonds. The van der Waals surface area contributed by atoms with Gasteiger partial charge in [-0.05, 0) is 24.5 Å². The fourth-order valence-corrected chi connectivity index (χ4v) is 2.11. The number of para-hydroxylation sites is 1. The Morgan fingerprint density at radius 3 is 2.88 bits per heavy atom. The predicted molar refractivity (Wildman–Crippen MR) is 68.7 cm³/mol. The first-order valence-electron chi connectivity index (χ1n) is 5.71. The fourth-order valence-electron chi connectivity index (χ4n) is 2.11. The highest BCUT2D eigenvalue weighted by Crippen LogP contribution is 2.24. The van der Waals surface area contributed by atoms with E-state index in [0.29, 0.717) is 0 Å². The van der Waals surface area contributed by atoms with Crippen molar-refractivity contribution in [2.75, 3.05) is 0 Å². The summed E-state index contributed by atoms with van der Waals surface area (Å²) in [4.78, 5) is 18.4. The summed E-state index contributed by atoms with van der Waals surface area (Å²) in [5, 5.41) is 0.991. The van der Waals surface area contributed by atoms with Crippen molar-refractivity contribution in [1.29, 1.82) is 0 Å². The van der Waals surface area contributed by atoms with Crippen LogP contribution in [-0.2, 0) is 0 Å². The zero-order chi connectivity index (χ0) is 11.7. The molecule has 17 heavy (non-hydrogen) atoms. The van der Waals surface area contributed by atoms with Crippen LogP contribution in [0.25, 0.3) is 16.5 Å². The molecule has 1 aliphatic rings. The first-order valence-corrected chi connectivity index (χ1v) is 5.71.